The Hall–Kier alpha value is -1.10. The van der Waals surface area contributed by atoms with Crippen molar-refractivity contribution >= 4 is 11.9 Å². The Bertz CT molecular complexity index is 134. The predicted molar refractivity (Wildman–Crippen MR) is 31.8 cm³/mol. The number of hydrogen-bond donors (Lipinski definition) is 1. The van der Waals surface area contributed by atoms with Crippen LogP contribution in [-0.4, -0.2) is 25.3 Å². The molecular weight excluding hydrogens is 138 g/mol. The Labute approximate surface area is 58.1 Å². The Morgan fingerprint density at radius 2 is 2.00 bits per heavy atom. The second-order valence-corrected chi connectivity index (χ2v) is 1.46. The fraction of sp³-hybridized carbons (Fsp3) is 0.600. The van der Waals surface area contributed by atoms with Crippen LogP contribution >= 0.6 is 0 Å². The summed E-state index contributed by atoms with van der Waals surface area (Å²) in [5.41, 5.74) is 4.85. The van der Waals surface area contributed by atoms with Gasteiger partial charge in [-0.3, -0.25) is 10.5 Å². The number of ether oxygens (including phenoxy) is 2. The first kappa shape index (κ1) is 8.90. The Morgan fingerprint density at radius 1 is 1.40 bits per heavy atom. The lowest BCUT2D eigenvalue weighted by atomic mass is 10.7. The molecule has 0 saturated heterocycles. The van der Waals surface area contributed by atoms with E-state index in [9.17, 15) is 9.59 Å². The lowest BCUT2D eigenvalue weighted by Crippen LogP contribution is -2.18. The van der Waals surface area contributed by atoms with Crippen LogP contribution in [0.1, 0.15) is 6.92 Å². The fourth-order valence-corrected chi connectivity index (χ4v) is 0.295. The van der Waals surface area contributed by atoms with Gasteiger partial charge in [-0.05, 0) is 0 Å². The first-order chi connectivity index (χ1) is 4.66. The van der Waals surface area contributed by atoms with Gasteiger partial charge in [0, 0.05) is 6.92 Å². The van der Waals surface area contributed by atoms with Gasteiger partial charge < -0.3 is 9.47 Å². The van der Waals surface area contributed by atoms with E-state index in [1.54, 1.807) is 0 Å². The summed E-state index contributed by atoms with van der Waals surface area (Å²) >= 11 is 0. The van der Waals surface area contributed by atoms with Crippen LogP contribution in [0.5, 0.6) is 0 Å². The summed E-state index contributed by atoms with van der Waals surface area (Å²) in [6.45, 7) is 0.641. The second kappa shape index (κ2) is 4.75. The number of nitrogens with two attached hydrogens (primary N) is 1. The average Bonchev–Trinajstić information content (AvgIpc) is 1.85. The van der Waals surface area contributed by atoms with Crippen LogP contribution in [-0.2, 0) is 19.1 Å². The smallest absolute Gasteiger partial charge is 0.345 e. The minimum Gasteiger partial charge on any atom is -0.454 e. The van der Waals surface area contributed by atoms with Crippen LogP contribution in [0, 0.1) is 0 Å². The van der Waals surface area contributed by atoms with Crippen LogP contribution in [0.3, 0.4) is 0 Å². The highest BCUT2D eigenvalue weighted by atomic mass is 16.6. The molecule has 0 aliphatic rings. The maximum Gasteiger partial charge on any atom is 0.345 e. The summed E-state index contributed by atoms with van der Waals surface area (Å²) in [5, 5.41) is 0. The molecule has 0 saturated carbocycles. The molecule has 58 valence electrons. The highest BCUT2D eigenvalue weighted by Gasteiger charge is 2.02. The van der Waals surface area contributed by atoms with Gasteiger partial charge in [-0.25, -0.2) is 4.79 Å². The molecular formula is C5H9NO4. The van der Waals surface area contributed by atoms with Crippen molar-refractivity contribution in [1.82, 2.24) is 0 Å². The lowest BCUT2D eigenvalue weighted by molar-refractivity contribution is -0.157. The Kier molecular flexibility index (Phi) is 4.23. The SMILES string of the molecule is CC(=O)OCC(=O)OCN. The zero-order chi connectivity index (χ0) is 7.98. The van der Waals surface area contributed by atoms with E-state index in [2.05, 4.69) is 9.47 Å². The summed E-state index contributed by atoms with van der Waals surface area (Å²) < 4.78 is 8.54. The molecule has 0 spiro atoms. The van der Waals surface area contributed by atoms with Gasteiger partial charge in [-0.2, -0.15) is 0 Å². The molecule has 0 aliphatic carbocycles. The molecule has 5 nitrogen and oxygen atoms in total. The van der Waals surface area contributed by atoms with E-state index >= 15 is 0 Å². The molecule has 0 aliphatic heterocycles. The zero-order valence-electron chi connectivity index (χ0n) is 5.62. The van der Waals surface area contributed by atoms with Crippen molar-refractivity contribution in [3.63, 3.8) is 0 Å². The predicted octanol–water partition coefficient (Wildman–Crippen LogP) is -0.991. The maximum absolute atomic E-state index is 10.4. The topological polar surface area (TPSA) is 78.6 Å². The van der Waals surface area contributed by atoms with E-state index < -0.39 is 11.9 Å². The summed E-state index contributed by atoms with van der Waals surface area (Å²) in [5.74, 6) is -1.16. The number of carbonyl (C=O) groups excluding carboxylic acids is 2. The molecule has 0 unspecified atom stereocenters. The largest absolute Gasteiger partial charge is 0.454 e. The highest BCUT2D eigenvalue weighted by molar-refractivity contribution is 5.75. The molecule has 0 radical (unpaired) electrons. The lowest BCUT2D eigenvalue weighted by Gasteiger charge is -2.00. The number of carbonyl (C=O) groups is 2. The van der Waals surface area contributed by atoms with E-state index in [-0.39, 0.29) is 13.3 Å². The fourth-order valence-electron chi connectivity index (χ4n) is 0.295. The average molecular weight is 147 g/mol. The van der Waals surface area contributed by atoms with Crippen LogP contribution < -0.4 is 5.73 Å². The highest BCUT2D eigenvalue weighted by Crippen LogP contribution is 1.79. The molecule has 0 atom stereocenters. The first-order valence-corrected chi connectivity index (χ1v) is 2.66. The van der Waals surface area contributed by atoms with Gasteiger partial charge >= 0.3 is 11.9 Å². The van der Waals surface area contributed by atoms with Crippen molar-refractivity contribution in [2.75, 3.05) is 13.3 Å². The third kappa shape index (κ3) is 5.04. The Balaban J connectivity index is 3.30. The van der Waals surface area contributed by atoms with Crippen molar-refractivity contribution in [2.45, 2.75) is 6.92 Å². The third-order valence-electron chi connectivity index (χ3n) is 0.638. The molecule has 0 heterocycles. The van der Waals surface area contributed by atoms with Crippen LogP contribution in [0.2, 0.25) is 0 Å². The molecule has 0 amide bonds. The number of rotatable bonds is 3. The zero-order valence-corrected chi connectivity index (χ0v) is 5.62. The summed E-state index contributed by atoms with van der Waals surface area (Å²) in [4.78, 5) is 20.5. The molecule has 0 rings (SSSR count). The molecule has 0 fully saturated rings. The normalized spacial score (nSPS) is 8.60. The molecule has 0 aromatic heterocycles. The van der Waals surface area contributed by atoms with Crippen LogP contribution in [0.4, 0.5) is 0 Å². The van der Waals surface area contributed by atoms with Crippen LogP contribution in [0.15, 0.2) is 0 Å². The maximum atomic E-state index is 10.4. The van der Waals surface area contributed by atoms with E-state index in [1.165, 1.54) is 6.92 Å². The third-order valence-corrected chi connectivity index (χ3v) is 0.638. The first-order valence-electron chi connectivity index (χ1n) is 2.66. The molecule has 2 N–H and O–H groups in total. The molecule has 0 aromatic carbocycles. The van der Waals surface area contributed by atoms with Crippen LogP contribution in [0.25, 0.3) is 0 Å². The summed E-state index contributed by atoms with van der Waals surface area (Å²) in [6.07, 6.45) is 0. The second-order valence-electron chi connectivity index (χ2n) is 1.46. The molecule has 10 heavy (non-hydrogen) atoms. The summed E-state index contributed by atoms with van der Waals surface area (Å²) in [7, 11) is 0. The van der Waals surface area contributed by atoms with Crippen molar-refractivity contribution in [2.24, 2.45) is 5.73 Å². The Morgan fingerprint density at radius 3 is 2.40 bits per heavy atom. The van der Waals surface area contributed by atoms with E-state index in [0.717, 1.165) is 0 Å². The van der Waals surface area contributed by atoms with E-state index in [4.69, 9.17) is 5.73 Å². The van der Waals surface area contributed by atoms with Gasteiger partial charge in [0.1, 0.15) is 6.73 Å². The van der Waals surface area contributed by atoms with Gasteiger partial charge in [0.15, 0.2) is 6.61 Å². The number of hydrogen-bond acceptors (Lipinski definition) is 5. The quantitative estimate of drug-likeness (QED) is 0.409. The van der Waals surface area contributed by atoms with Crippen molar-refractivity contribution < 1.29 is 19.1 Å². The molecule has 0 aromatic rings. The minimum atomic E-state index is -0.641. The number of esters is 2. The van der Waals surface area contributed by atoms with Crippen molar-refractivity contribution in [1.29, 1.82) is 0 Å². The van der Waals surface area contributed by atoms with Gasteiger partial charge in [-0.15, -0.1) is 0 Å². The van der Waals surface area contributed by atoms with Crippen molar-refractivity contribution in [3.8, 4) is 0 Å². The van der Waals surface area contributed by atoms with E-state index in [1.807, 2.05) is 0 Å². The van der Waals surface area contributed by atoms with Gasteiger partial charge in [-0.1, -0.05) is 0 Å². The minimum absolute atomic E-state index is 0.194. The van der Waals surface area contributed by atoms with Gasteiger partial charge in [0.25, 0.3) is 0 Å². The van der Waals surface area contributed by atoms with E-state index in [0.29, 0.717) is 0 Å². The van der Waals surface area contributed by atoms with Gasteiger partial charge in [0.05, 0.1) is 0 Å². The van der Waals surface area contributed by atoms with Crippen molar-refractivity contribution in [3.05, 3.63) is 0 Å². The summed E-state index contributed by atoms with van der Waals surface area (Å²) in [6, 6.07) is 0. The molecule has 0 bridgehead atoms. The standard InChI is InChI=1S/C5H9NO4/c1-4(7)9-2-5(8)10-3-6/h2-3,6H2,1H3. The monoisotopic (exact) mass is 147 g/mol. The molecule has 5 heteroatoms. The van der Waals surface area contributed by atoms with Gasteiger partial charge in [0.2, 0.25) is 0 Å².